The van der Waals surface area contributed by atoms with Crippen LogP contribution in [0.4, 0.5) is 0 Å². The molecule has 1 rings (SSSR count). The van der Waals surface area contributed by atoms with Crippen molar-refractivity contribution in [3.8, 4) is 6.07 Å². The fraction of sp³-hybridized carbons (Fsp3) is 0.533. The minimum atomic E-state index is -3.78. The van der Waals surface area contributed by atoms with Crippen LogP contribution in [0.15, 0.2) is 23.1 Å². The van der Waals surface area contributed by atoms with E-state index in [1.807, 2.05) is 19.9 Å². The van der Waals surface area contributed by atoms with Crippen LogP contribution in [0.3, 0.4) is 0 Å². The Morgan fingerprint density at radius 3 is 2.64 bits per heavy atom. The van der Waals surface area contributed by atoms with Crippen LogP contribution in [0.2, 0.25) is 5.02 Å². The fourth-order valence-corrected chi connectivity index (χ4v) is 3.71. The Morgan fingerprint density at radius 1 is 1.41 bits per heavy atom. The number of aliphatic hydroxyl groups excluding tert-OH is 1. The van der Waals surface area contributed by atoms with Crippen LogP contribution in [0.5, 0.6) is 0 Å². The van der Waals surface area contributed by atoms with Crippen LogP contribution < -0.4 is 4.72 Å². The first-order valence-electron chi connectivity index (χ1n) is 7.10. The average molecular weight is 345 g/mol. The predicted octanol–water partition coefficient (Wildman–Crippen LogP) is 2.53. The highest BCUT2D eigenvalue weighted by Gasteiger charge is 2.21. The van der Waals surface area contributed by atoms with Gasteiger partial charge in [0.1, 0.15) is 6.07 Å². The van der Waals surface area contributed by atoms with Crippen molar-refractivity contribution in [1.82, 2.24) is 4.72 Å². The van der Waals surface area contributed by atoms with Crippen molar-refractivity contribution in [2.75, 3.05) is 13.2 Å². The molecule has 0 aliphatic rings. The van der Waals surface area contributed by atoms with E-state index in [2.05, 4.69) is 4.72 Å². The monoisotopic (exact) mass is 344 g/mol. The number of nitrogens with zero attached hydrogens (tertiary/aromatic N) is 1. The van der Waals surface area contributed by atoms with Crippen LogP contribution >= 0.6 is 11.6 Å². The molecule has 0 bridgehead atoms. The number of nitriles is 1. The zero-order valence-corrected chi connectivity index (χ0v) is 14.3. The molecule has 0 saturated heterocycles. The van der Waals surface area contributed by atoms with E-state index >= 15 is 0 Å². The molecule has 122 valence electrons. The Labute approximate surface area is 137 Å². The van der Waals surface area contributed by atoms with Crippen LogP contribution in [-0.4, -0.2) is 26.7 Å². The molecule has 0 aromatic heterocycles. The van der Waals surface area contributed by atoms with Gasteiger partial charge >= 0.3 is 0 Å². The molecule has 5 nitrogen and oxygen atoms in total. The van der Waals surface area contributed by atoms with Gasteiger partial charge in [-0.3, -0.25) is 0 Å². The van der Waals surface area contributed by atoms with Crippen molar-refractivity contribution in [3.05, 3.63) is 28.8 Å². The largest absolute Gasteiger partial charge is 0.396 e. The highest BCUT2D eigenvalue weighted by Crippen LogP contribution is 2.21. The lowest BCUT2D eigenvalue weighted by Crippen LogP contribution is -2.31. The van der Waals surface area contributed by atoms with E-state index in [0.29, 0.717) is 17.4 Å². The van der Waals surface area contributed by atoms with E-state index in [1.165, 1.54) is 18.2 Å². The zero-order valence-electron chi connectivity index (χ0n) is 12.7. The summed E-state index contributed by atoms with van der Waals surface area (Å²) in [6, 6.07) is 5.94. The predicted molar refractivity (Wildman–Crippen MR) is 86.0 cm³/mol. The van der Waals surface area contributed by atoms with Gasteiger partial charge in [0.15, 0.2) is 0 Å². The number of nitrogens with one attached hydrogen (secondary N) is 1. The van der Waals surface area contributed by atoms with Gasteiger partial charge in [0, 0.05) is 18.2 Å². The fourth-order valence-electron chi connectivity index (χ4n) is 2.28. The Morgan fingerprint density at radius 2 is 2.09 bits per heavy atom. The van der Waals surface area contributed by atoms with E-state index < -0.39 is 10.0 Å². The number of halogens is 1. The van der Waals surface area contributed by atoms with E-state index in [1.54, 1.807) is 0 Å². The van der Waals surface area contributed by atoms with Crippen molar-refractivity contribution < 1.29 is 13.5 Å². The Kier molecular flexibility index (Phi) is 7.30. The summed E-state index contributed by atoms with van der Waals surface area (Å²) in [4.78, 5) is -0.0771. The molecule has 0 saturated carbocycles. The van der Waals surface area contributed by atoms with Crippen LogP contribution in [0.25, 0.3) is 0 Å². The maximum Gasteiger partial charge on any atom is 0.241 e. The maximum absolute atomic E-state index is 12.3. The highest BCUT2D eigenvalue weighted by molar-refractivity contribution is 7.89. The second-order valence-electron chi connectivity index (χ2n) is 5.61. The number of benzene rings is 1. The standard InChI is InChI=1S/C15H21ClN2O3S/c1-11(2)7-12(5-6-19)10-18-22(20,21)15-4-3-14(16)8-13(15)9-17/h3-4,8,11-12,18-19H,5-7,10H2,1-2H3. The van der Waals surface area contributed by atoms with Gasteiger partial charge in [-0.25, -0.2) is 13.1 Å². The first-order chi connectivity index (χ1) is 10.3. The van der Waals surface area contributed by atoms with Crippen molar-refractivity contribution in [2.24, 2.45) is 11.8 Å². The summed E-state index contributed by atoms with van der Waals surface area (Å²) in [7, 11) is -3.78. The van der Waals surface area contributed by atoms with Crippen molar-refractivity contribution in [1.29, 1.82) is 5.26 Å². The topological polar surface area (TPSA) is 90.2 Å². The third kappa shape index (κ3) is 5.58. The molecule has 0 aliphatic heterocycles. The van der Waals surface area contributed by atoms with Gasteiger partial charge in [0.05, 0.1) is 10.5 Å². The van der Waals surface area contributed by atoms with Gasteiger partial charge < -0.3 is 5.11 Å². The molecule has 7 heteroatoms. The molecular formula is C15H21ClN2O3S. The third-order valence-electron chi connectivity index (χ3n) is 3.26. The summed E-state index contributed by atoms with van der Waals surface area (Å²) in [5.41, 5.74) is 0.0163. The molecule has 0 heterocycles. The molecule has 0 radical (unpaired) electrons. The molecule has 0 amide bonds. The van der Waals surface area contributed by atoms with E-state index in [4.69, 9.17) is 22.0 Å². The molecule has 0 aliphatic carbocycles. The van der Waals surface area contributed by atoms with Gasteiger partial charge in [-0.05, 0) is 42.9 Å². The number of hydrogen-bond acceptors (Lipinski definition) is 4. The normalized spacial score (nSPS) is 13.1. The van der Waals surface area contributed by atoms with Gasteiger partial charge in [0.2, 0.25) is 10.0 Å². The van der Waals surface area contributed by atoms with Crippen molar-refractivity contribution in [2.45, 2.75) is 31.6 Å². The van der Waals surface area contributed by atoms with Gasteiger partial charge in [-0.2, -0.15) is 5.26 Å². The molecule has 0 spiro atoms. The average Bonchev–Trinajstić information content (AvgIpc) is 2.44. The van der Waals surface area contributed by atoms with Crippen LogP contribution in [-0.2, 0) is 10.0 Å². The Balaban J connectivity index is 2.89. The van der Waals surface area contributed by atoms with Crippen molar-refractivity contribution >= 4 is 21.6 Å². The Hall–Kier alpha value is -1.13. The third-order valence-corrected chi connectivity index (χ3v) is 4.97. The summed E-state index contributed by atoms with van der Waals surface area (Å²) in [6.45, 7) is 4.34. The minimum absolute atomic E-state index is 0.0163. The highest BCUT2D eigenvalue weighted by atomic mass is 35.5. The SMILES string of the molecule is CC(C)CC(CCO)CNS(=O)(=O)c1ccc(Cl)cc1C#N. The smallest absolute Gasteiger partial charge is 0.241 e. The summed E-state index contributed by atoms with van der Waals surface area (Å²) >= 11 is 5.78. The van der Waals surface area contributed by atoms with Gasteiger partial charge in [-0.15, -0.1) is 0 Å². The first-order valence-corrected chi connectivity index (χ1v) is 8.96. The zero-order chi connectivity index (χ0) is 16.8. The lowest BCUT2D eigenvalue weighted by Gasteiger charge is -2.19. The summed E-state index contributed by atoms with van der Waals surface area (Å²) in [5, 5.41) is 18.4. The van der Waals surface area contributed by atoms with Crippen LogP contribution in [0, 0.1) is 23.2 Å². The van der Waals surface area contributed by atoms with Crippen LogP contribution in [0.1, 0.15) is 32.3 Å². The maximum atomic E-state index is 12.3. The summed E-state index contributed by atoms with van der Waals surface area (Å²) in [6.07, 6.45) is 1.35. The summed E-state index contributed by atoms with van der Waals surface area (Å²) < 4.78 is 27.2. The van der Waals surface area contributed by atoms with E-state index in [9.17, 15) is 8.42 Å². The number of hydrogen-bond donors (Lipinski definition) is 2. The minimum Gasteiger partial charge on any atom is -0.396 e. The number of aliphatic hydroxyl groups is 1. The Bertz CT molecular complexity index is 639. The molecule has 2 N–H and O–H groups in total. The van der Waals surface area contributed by atoms with Gasteiger partial charge in [-0.1, -0.05) is 25.4 Å². The molecule has 1 aromatic carbocycles. The number of sulfonamides is 1. The van der Waals surface area contributed by atoms with Crippen molar-refractivity contribution in [3.63, 3.8) is 0 Å². The number of rotatable bonds is 8. The lowest BCUT2D eigenvalue weighted by atomic mass is 9.95. The molecule has 0 fully saturated rings. The first kappa shape index (κ1) is 18.9. The van der Waals surface area contributed by atoms with E-state index in [0.717, 1.165) is 6.42 Å². The molecular weight excluding hydrogens is 324 g/mol. The summed E-state index contributed by atoms with van der Waals surface area (Å²) in [5.74, 6) is 0.462. The molecule has 22 heavy (non-hydrogen) atoms. The second kappa shape index (κ2) is 8.49. The lowest BCUT2D eigenvalue weighted by molar-refractivity contribution is 0.243. The molecule has 1 unspecified atom stereocenters. The molecule has 1 atom stereocenters. The second-order valence-corrected chi connectivity index (χ2v) is 7.78. The van der Waals surface area contributed by atoms with Gasteiger partial charge in [0.25, 0.3) is 0 Å². The molecule has 1 aromatic rings. The van der Waals surface area contributed by atoms with E-state index in [-0.39, 0.29) is 29.5 Å². The quantitative estimate of drug-likeness (QED) is 0.758.